The minimum absolute atomic E-state index is 0.0384. The van der Waals surface area contributed by atoms with Crippen LogP contribution in [0.3, 0.4) is 0 Å². The van der Waals surface area contributed by atoms with Crippen LogP contribution >= 0.6 is 0 Å². The second-order valence-electron chi connectivity index (χ2n) is 4.86. The van der Waals surface area contributed by atoms with Gasteiger partial charge in [0.05, 0.1) is 13.2 Å². The Hall–Kier alpha value is -2.18. The number of aromatic amines is 1. The van der Waals surface area contributed by atoms with Crippen molar-refractivity contribution in [2.24, 2.45) is 0 Å². The molecule has 0 aliphatic carbocycles. The number of methoxy groups -OCH3 is 1. The lowest BCUT2D eigenvalue weighted by molar-refractivity contribution is 0.177. The number of nitrogens with zero attached hydrogens (tertiary/aromatic N) is 3. The number of nitrogens with one attached hydrogen (secondary N) is 1. The molecule has 0 saturated carbocycles. The van der Waals surface area contributed by atoms with Gasteiger partial charge in [0.15, 0.2) is 5.82 Å². The third kappa shape index (κ3) is 2.81. The molecule has 0 atom stereocenters. The van der Waals surface area contributed by atoms with Crippen LogP contribution in [0.2, 0.25) is 0 Å². The van der Waals surface area contributed by atoms with E-state index in [9.17, 15) is 0 Å². The molecule has 21 heavy (non-hydrogen) atoms. The third-order valence-corrected chi connectivity index (χ3v) is 3.40. The molecule has 6 heteroatoms. The monoisotopic (exact) mass is 286 g/mol. The average Bonchev–Trinajstić information content (AvgIpc) is 3.06. The van der Waals surface area contributed by atoms with Gasteiger partial charge in [-0.2, -0.15) is 5.10 Å². The fourth-order valence-electron chi connectivity index (χ4n) is 2.47. The summed E-state index contributed by atoms with van der Waals surface area (Å²) in [7, 11) is 1.62. The van der Waals surface area contributed by atoms with Gasteiger partial charge in [-0.3, -0.25) is 0 Å². The number of aromatic nitrogens is 4. The molecular formula is C15H18N4O2. The number of aliphatic hydroxyl groups excluding tert-OH is 1. The van der Waals surface area contributed by atoms with E-state index in [1.165, 1.54) is 10.9 Å². The molecule has 2 aromatic heterocycles. The lowest BCUT2D eigenvalue weighted by atomic mass is 10.1. The van der Waals surface area contributed by atoms with Gasteiger partial charge in [0.1, 0.15) is 12.4 Å². The van der Waals surface area contributed by atoms with E-state index < -0.39 is 0 Å². The maximum Gasteiger partial charge on any atom is 0.176 e. The van der Waals surface area contributed by atoms with Crippen LogP contribution in [0.5, 0.6) is 0 Å². The van der Waals surface area contributed by atoms with Gasteiger partial charge in [0, 0.05) is 30.6 Å². The van der Waals surface area contributed by atoms with Gasteiger partial charge in [-0.15, -0.1) is 0 Å². The Morgan fingerprint density at radius 1 is 1.33 bits per heavy atom. The van der Waals surface area contributed by atoms with Crippen molar-refractivity contribution >= 4 is 10.9 Å². The highest BCUT2D eigenvalue weighted by Crippen LogP contribution is 2.20. The van der Waals surface area contributed by atoms with Crippen molar-refractivity contribution in [2.45, 2.75) is 19.6 Å². The van der Waals surface area contributed by atoms with E-state index in [0.717, 1.165) is 11.3 Å². The fourth-order valence-corrected chi connectivity index (χ4v) is 2.47. The number of fused-ring (bicyclic) bond motifs is 1. The summed E-state index contributed by atoms with van der Waals surface area (Å²) in [6.45, 7) is 0.852. The van der Waals surface area contributed by atoms with Gasteiger partial charge >= 0.3 is 0 Å². The number of hydrogen-bond acceptors (Lipinski definition) is 4. The van der Waals surface area contributed by atoms with Crippen molar-refractivity contribution in [3.63, 3.8) is 0 Å². The van der Waals surface area contributed by atoms with Crippen molar-refractivity contribution in [3.05, 3.63) is 47.7 Å². The topological polar surface area (TPSA) is 76.0 Å². The van der Waals surface area contributed by atoms with Crippen LogP contribution < -0.4 is 0 Å². The number of rotatable bonds is 6. The lowest BCUT2D eigenvalue weighted by Gasteiger charge is -2.03. The largest absolute Gasteiger partial charge is 0.394 e. The Morgan fingerprint density at radius 2 is 2.19 bits per heavy atom. The van der Waals surface area contributed by atoms with E-state index in [-0.39, 0.29) is 6.61 Å². The Bertz CT molecular complexity index is 732. The lowest BCUT2D eigenvalue weighted by Crippen LogP contribution is -2.09. The highest BCUT2D eigenvalue weighted by molar-refractivity contribution is 5.83. The summed E-state index contributed by atoms with van der Waals surface area (Å²) in [5.74, 6) is 1.47. The zero-order valence-electron chi connectivity index (χ0n) is 11.9. The van der Waals surface area contributed by atoms with Gasteiger partial charge < -0.3 is 14.8 Å². The highest BCUT2D eigenvalue weighted by atomic mass is 16.5. The van der Waals surface area contributed by atoms with E-state index in [2.05, 4.69) is 21.1 Å². The molecular weight excluding hydrogens is 268 g/mol. The number of aliphatic hydroxyl groups is 1. The fraction of sp³-hybridized carbons (Fsp3) is 0.333. The van der Waals surface area contributed by atoms with Crippen LogP contribution in [-0.4, -0.2) is 38.6 Å². The summed E-state index contributed by atoms with van der Waals surface area (Å²) in [6, 6.07) is 8.17. The van der Waals surface area contributed by atoms with Gasteiger partial charge in [-0.1, -0.05) is 18.2 Å². The van der Waals surface area contributed by atoms with E-state index in [1.54, 1.807) is 11.8 Å². The van der Waals surface area contributed by atoms with Crippen LogP contribution in [0.25, 0.3) is 10.9 Å². The molecule has 2 N–H and O–H groups in total. The minimum atomic E-state index is 0.0384. The van der Waals surface area contributed by atoms with Gasteiger partial charge in [-0.25, -0.2) is 9.67 Å². The zero-order chi connectivity index (χ0) is 14.7. The maximum absolute atomic E-state index is 9.16. The number of benzene rings is 1. The molecule has 0 bridgehead atoms. The third-order valence-electron chi connectivity index (χ3n) is 3.40. The zero-order valence-corrected chi connectivity index (χ0v) is 11.9. The van der Waals surface area contributed by atoms with E-state index in [0.29, 0.717) is 25.4 Å². The summed E-state index contributed by atoms with van der Waals surface area (Å²) in [5.41, 5.74) is 2.28. The van der Waals surface area contributed by atoms with Crippen LogP contribution in [0.1, 0.15) is 17.2 Å². The molecule has 0 saturated heterocycles. The Kier molecular flexibility index (Phi) is 3.98. The number of H-pyrrole nitrogens is 1. The Balaban J connectivity index is 1.92. The standard InChI is InChI=1S/C15H18N4O2/c1-21-10-14-17-15(19(18-14)6-7-20)8-11-9-16-13-5-3-2-4-12(11)13/h2-5,9,16,20H,6-8,10H2,1H3. The van der Waals surface area contributed by atoms with Crippen LogP contribution in [0, 0.1) is 0 Å². The number of para-hydroxylation sites is 1. The molecule has 6 nitrogen and oxygen atoms in total. The van der Waals surface area contributed by atoms with Crippen LogP contribution in [0.15, 0.2) is 30.5 Å². The molecule has 0 amide bonds. The maximum atomic E-state index is 9.16. The first-order valence-corrected chi connectivity index (χ1v) is 6.89. The first-order chi connectivity index (χ1) is 10.3. The molecule has 2 heterocycles. The summed E-state index contributed by atoms with van der Waals surface area (Å²) < 4.78 is 6.82. The summed E-state index contributed by atoms with van der Waals surface area (Å²) in [6.07, 6.45) is 2.67. The minimum Gasteiger partial charge on any atom is -0.394 e. The smallest absolute Gasteiger partial charge is 0.176 e. The molecule has 110 valence electrons. The van der Waals surface area contributed by atoms with Gasteiger partial charge in [0.25, 0.3) is 0 Å². The normalized spacial score (nSPS) is 11.3. The quantitative estimate of drug-likeness (QED) is 0.720. The second-order valence-corrected chi connectivity index (χ2v) is 4.86. The van der Waals surface area contributed by atoms with E-state index in [1.807, 2.05) is 24.4 Å². The van der Waals surface area contributed by atoms with E-state index in [4.69, 9.17) is 9.84 Å². The number of hydrogen-bond donors (Lipinski definition) is 2. The first kappa shape index (κ1) is 13.8. The predicted molar refractivity (Wildman–Crippen MR) is 78.9 cm³/mol. The molecule has 0 fully saturated rings. The highest BCUT2D eigenvalue weighted by Gasteiger charge is 2.12. The van der Waals surface area contributed by atoms with Gasteiger partial charge in [-0.05, 0) is 11.6 Å². The summed E-state index contributed by atoms with van der Waals surface area (Å²) >= 11 is 0. The van der Waals surface area contributed by atoms with Crippen molar-refractivity contribution in [1.29, 1.82) is 0 Å². The van der Waals surface area contributed by atoms with Crippen LogP contribution in [-0.2, 0) is 24.3 Å². The summed E-state index contributed by atoms with van der Waals surface area (Å²) in [4.78, 5) is 7.76. The van der Waals surface area contributed by atoms with Crippen molar-refractivity contribution < 1.29 is 9.84 Å². The number of ether oxygens (including phenoxy) is 1. The molecule has 0 aliphatic rings. The molecule has 0 unspecified atom stereocenters. The molecule has 3 rings (SSSR count). The second kappa shape index (κ2) is 6.07. The molecule has 0 spiro atoms. The van der Waals surface area contributed by atoms with Crippen molar-refractivity contribution in [1.82, 2.24) is 19.7 Å². The molecule has 1 aromatic carbocycles. The van der Waals surface area contributed by atoms with Crippen molar-refractivity contribution in [3.8, 4) is 0 Å². The molecule has 3 aromatic rings. The molecule has 0 radical (unpaired) electrons. The SMILES string of the molecule is COCc1nc(Cc2c[nH]c3ccccc23)n(CCO)n1. The Labute approximate surface area is 122 Å². The van der Waals surface area contributed by atoms with Gasteiger partial charge in [0.2, 0.25) is 0 Å². The van der Waals surface area contributed by atoms with Crippen molar-refractivity contribution in [2.75, 3.05) is 13.7 Å². The molecule has 0 aliphatic heterocycles. The van der Waals surface area contributed by atoms with Crippen LogP contribution in [0.4, 0.5) is 0 Å². The predicted octanol–water partition coefficient (Wildman–Crippen LogP) is 1.49. The van der Waals surface area contributed by atoms with E-state index >= 15 is 0 Å². The first-order valence-electron chi connectivity index (χ1n) is 6.89. The Morgan fingerprint density at radius 3 is 3.00 bits per heavy atom. The summed E-state index contributed by atoms with van der Waals surface area (Å²) in [5, 5.41) is 14.7. The average molecular weight is 286 g/mol.